The Balaban J connectivity index is 1.59. The number of hydrogen-bond acceptors (Lipinski definition) is 6. The number of hydrogen-bond donors (Lipinski definition) is 1. The van der Waals surface area contributed by atoms with Crippen LogP contribution in [0.1, 0.15) is 59.4 Å². The van der Waals surface area contributed by atoms with E-state index in [1.807, 2.05) is 29.7 Å². The molecule has 2 fully saturated rings. The zero-order valence-electron chi connectivity index (χ0n) is 19.2. The van der Waals surface area contributed by atoms with E-state index in [1.54, 1.807) is 12.1 Å². The zero-order valence-corrected chi connectivity index (χ0v) is 20.0. The molecule has 2 bridgehead atoms. The van der Waals surface area contributed by atoms with E-state index < -0.39 is 9.84 Å². The molecule has 0 saturated carbocycles. The number of aromatic nitrogens is 1. The van der Waals surface area contributed by atoms with E-state index >= 15 is 0 Å². The van der Waals surface area contributed by atoms with Gasteiger partial charge in [-0.15, -0.1) is 0 Å². The highest BCUT2D eigenvalue weighted by Crippen LogP contribution is 2.37. The lowest BCUT2D eigenvalue weighted by Crippen LogP contribution is -2.36. The molecule has 1 aromatic heterocycles. The number of aryl methyl sites for hydroxylation is 1. The van der Waals surface area contributed by atoms with Crippen molar-refractivity contribution in [3.63, 3.8) is 0 Å². The second kappa shape index (κ2) is 9.41. The summed E-state index contributed by atoms with van der Waals surface area (Å²) in [6.45, 7) is 2.23. The predicted octanol–water partition coefficient (Wildman–Crippen LogP) is 2.81. The third kappa shape index (κ3) is 5.06. The molecule has 33 heavy (non-hydrogen) atoms. The number of aliphatic hydroxyl groups is 1. The van der Waals surface area contributed by atoms with Crippen molar-refractivity contribution < 1.29 is 18.3 Å². The van der Waals surface area contributed by atoms with Crippen LogP contribution >= 0.6 is 0 Å². The van der Waals surface area contributed by atoms with Crippen LogP contribution in [0, 0.1) is 18.3 Å². The van der Waals surface area contributed by atoms with Crippen molar-refractivity contribution in [2.45, 2.75) is 63.6 Å². The summed E-state index contributed by atoms with van der Waals surface area (Å²) < 4.78 is 25.0. The highest BCUT2D eigenvalue weighted by atomic mass is 32.2. The minimum Gasteiger partial charge on any atom is -0.391 e. The Morgan fingerprint density at radius 1 is 1.21 bits per heavy atom. The number of ketones is 1. The van der Waals surface area contributed by atoms with Gasteiger partial charge >= 0.3 is 0 Å². The Hall–Kier alpha value is -2.47. The lowest BCUT2D eigenvalue weighted by atomic mass is 9.98. The Labute approximate surface area is 195 Å². The van der Waals surface area contributed by atoms with Gasteiger partial charge in [-0.3, -0.25) is 9.69 Å². The number of unbranched alkanes of at least 4 members (excludes halogenated alkanes) is 1. The molecule has 3 heterocycles. The topological polar surface area (TPSA) is 103 Å². The fourth-order valence-corrected chi connectivity index (χ4v) is 6.15. The first-order valence-corrected chi connectivity index (χ1v) is 13.6. The summed E-state index contributed by atoms with van der Waals surface area (Å²) >= 11 is 0. The predicted molar refractivity (Wildman–Crippen MR) is 126 cm³/mol. The summed E-state index contributed by atoms with van der Waals surface area (Å²) in [5.41, 5.74) is 3.91. The third-order valence-corrected chi connectivity index (χ3v) is 8.08. The number of aliphatic hydroxyl groups excluding tert-OH is 1. The van der Waals surface area contributed by atoms with Crippen LogP contribution < -0.4 is 0 Å². The molecule has 4 rings (SSSR count). The van der Waals surface area contributed by atoms with Gasteiger partial charge in [-0.1, -0.05) is 0 Å². The van der Waals surface area contributed by atoms with Crippen LogP contribution in [0.4, 0.5) is 0 Å². The molecule has 2 aliphatic heterocycles. The van der Waals surface area contributed by atoms with Crippen molar-refractivity contribution in [2.75, 3.05) is 18.6 Å². The molecule has 0 aliphatic carbocycles. The molecule has 3 atom stereocenters. The van der Waals surface area contributed by atoms with E-state index in [1.165, 1.54) is 6.26 Å². The fourth-order valence-electron chi connectivity index (χ4n) is 5.42. The van der Waals surface area contributed by atoms with Gasteiger partial charge in [0.1, 0.15) is 9.84 Å². The first kappa shape index (κ1) is 23.7. The van der Waals surface area contributed by atoms with Crippen molar-refractivity contribution in [3.8, 4) is 11.8 Å². The van der Waals surface area contributed by atoms with Crippen molar-refractivity contribution >= 4 is 15.6 Å². The molecular formula is C25H31N3O4S. The number of carbonyl (C=O) groups excluding carboxylic acids is 1. The lowest BCUT2D eigenvalue weighted by molar-refractivity contribution is 0.0873. The van der Waals surface area contributed by atoms with Gasteiger partial charge in [0.25, 0.3) is 0 Å². The van der Waals surface area contributed by atoms with Crippen molar-refractivity contribution in [1.29, 1.82) is 5.26 Å². The number of nitriles is 1. The molecule has 7 nitrogen and oxygen atoms in total. The molecule has 0 amide bonds. The SMILES string of the molecule is Cc1c(C(=O)CN2C3CCC2[C@@H](O)C3)cc(CCCCS(C)(=O)=O)n1-c1ccc(C#N)cc1. The van der Waals surface area contributed by atoms with Crippen molar-refractivity contribution in [3.05, 3.63) is 52.8 Å². The van der Waals surface area contributed by atoms with Crippen molar-refractivity contribution in [2.24, 2.45) is 0 Å². The molecule has 1 N–H and O–H groups in total. The normalized spacial score (nSPS) is 22.5. The molecular weight excluding hydrogens is 438 g/mol. The molecule has 1 aromatic carbocycles. The number of nitrogens with zero attached hydrogens (tertiary/aromatic N) is 3. The summed E-state index contributed by atoms with van der Waals surface area (Å²) in [6.07, 6.45) is 5.53. The second-order valence-electron chi connectivity index (χ2n) is 9.41. The van der Waals surface area contributed by atoms with Gasteiger partial charge in [-0.25, -0.2) is 8.42 Å². The Kier molecular flexibility index (Phi) is 6.76. The van der Waals surface area contributed by atoms with E-state index in [9.17, 15) is 18.3 Å². The molecule has 2 saturated heterocycles. The first-order chi connectivity index (χ1) is 15.7. The molecule has 2 unspecified atom stereocenters. The summed E-state index contributed by atoms with van der Waals surface area (Å²) in [6, 6.07) is 11.7. The molecule has 2 aromatic rings. The minimum atomic E-state index is -3.00. The van der Waals surface area contributed by atoms with E-state index in [4.69, 9.17) is 5.26 Å². The van der Waals surface area contributed by atoms with Gasteiger partial charge in [-0.2, -0.15) is 5.26 Å². The van der Waals surface area contributed by atoms with E-state index in [0.717, 1.165) is 36.3 Å². The van der Waals surface area contributed by atoms with Gasteiger partial charge < -0.3 is 9.67 Å². The summed E-state index contributed by atoms with van der Waals surface area (Å²) in [5.74, 6) is 0.193. The van der Waals surface area contributed by atoms with E-state index in [-0.39, 0.29) is 29.7 Å². The fraction of sp³-hybridized carbons (Fsp3) is 0.520. The average molecular weight is 470 g/mol. The number of Topliss-reactive ketones (excluding diaryl/α,β-unsaturated/α-hetero) is 1. The van der Waals surface area contributed by atoms with Gasteiger partial charge in [0.15, 0.2) is 5.78 Å². The number of carbonyl (C=O) groups is 1. The van der Waals surface area contributed by atoms with Crippen LogP contribution in [0.3, 0.4) is 0 Å². The van der Waals surface area contributed by atoms with E-state index in [0.29, 0.717) is 36.9 Å². The van der Waals surface area contributed by atoms with Crippen LogP contribution in [0.15, 0.2) is 30.3 Å². The molecule has 0 spiro atoms. The second-order valence-corrected chi connectivity index (χ2v) is 11.7. The summed E-state index contributed by atoms with van der Waals surface area (Å²) in [5, 5.41) is 19.3. The van der Waals surface area contributed by atoms with Crippen LogP contribution in [0.5, 0.6) is 0 Å². The van der Waals surface area contributed by atoms with Crippen LogP contribution in [-0.4, -0.2) is 65.5 Å². The molecule has 176 valence electrons. The van der Waals surface area contributed by atoms with E-state index in [2.05, 4.69) is 11.0 Å². The van der Waals surface area contributed by atoms with Crippen LogP contribution in [-0.2, 0) is 16.3 Å². The van der Waals surface area contributed by atoms with Gasteiger partial charge in [-0.05, 0) is 75.8 Å². The standard InChI is InChI=1S/C25H31N3O4S/c1-17-22(25(30)16-27-20-10-11-23(27)24(29)14-20)13-21(5-3-4-12-33(2,31)32)28(17)19-8-6-18(15-26)7-9-19/h6-9,13,20,23-24,29H,3-5,10-12,14,16H2,1-2H3/t20?,23?,24-/m0/s1. The Morgan fingerprint density at radius 3 is 2.52 bits per heavy atom. The zero-order chi connectivity index (χ0) is 23.8. The highest BCUT2D eigenvalue weighted by molar-refractivity contribution is 7.90. The lowest BCUT2D eigenvalue weighted by Gasteiger charge is -2.21. The molecule has 8 heteroatoms. The van der Waals surface area contributed by atoms with Gasteiger partial charge in [0, 0.05) is 46.7 Å². The third-order valence-electron chi connectivity index (χ3n) is 7.05. The van der Waals surface area contributed by atoms with Gasteiger partial charge in [0.2, 0.25) is 0 Å². The molecule has 0 radical (unpaired) electrons. The summed E-state index contributed by atoms with van der Waals surface area (Å²) in [7, 11) is -3.00. The van der Waals surface area contributed by atoms with Crippen LogP contribution in [0.25, 0.3) is 5.69 Å². The van der Waals surface area contributed by atoms with Crippen LogP contribution in [0.2, 0.25) is 0 Å². The number of fused-ring (bicyclic) bond motifs is 2. The maximum Gasteiger partial charge on any atom is 0.178 e. The smallest absolute Gasteiger partial charge is 0.178 e. The number of sulfone groups is 1. The largest absolute Gasteiger partial charge is 0.391 e. The Morgan fingerprint density at radius 2 is 1.94 bits per heavy atom. The number of benzene rings is 1. The molecule has 2 aliphatic rings. The highest BCUT2D eigenvalue weighted by Gasteiger charge is 2.46. The summed E-state index contributed by atoms with van der Waals surface area (Å²) in [4.78, 5) is 15.5. The maximum atomic E-state index is 13.3. The average Bonchev–Trinajstić information content (AvgIpc) is 3.40. The number of rotatable bonds is 9. The monoisotopic (exact) mass is 469 g/mol. The Bertz CT molecular complexity index is 1180. The maximum absolute atomic E-state index is 13.3. The minimum absolute atomic E-state index is 0.0447. The van der Waals surface area contributed by atoms with Gasteiger partial charge in [0.05, 0.1) is 24.3 Å². The van der Waals surface area contributed by atoms with Crippen molar-refractivity contribution in [1.82, 2.24) is 9.47 Å². The first-order valence-electron chi connectivity index (χ1n) is 11.5. The quantitative estimate of drug-likeness (QED) is 0.447.